The van der Waals surface area contributed by atoms with Crippen LogP contribution in [0.2, 0.25) is 0 Å². The fraction of sp³-hybridized carbons (Fsp3) is 0.250. The molecular formula is C16H17BrFN. The molecule has 1 nitrogen and oxygen atoms in total. The molecule has 0 bridgehead atoms. The third kappa shape index (κ3) is 4.15. The Balaban J connectivity index is 2.18. The lowest BCUT2D eigenvalue weighted by Gasteiger charge is -2.18. The lowest BCUT2D eigenvalue weighted by molar-refractivity contribution is 0.542. The van der Waals surface area contributed by atoms with Crippen LogP contribution in [-0.4, -0.2) is 6.54 Å². The number of hydrogen-bond donors (Lipinski definition) is 1. The van der Waals surface area contributed by atoms with Gasteiger partial charge in [-0.1, -0.05) is 47.1 Å². The van der Waals surface area contributed by atoms with Crippen LogP contribution in [0.25, 0.3) is 0 Å². The van der Waals surface area contributed by atoms with Gasteiger partial charge in [-0.3, -0.25) is 0 Å². The van der Waals surface area contributed by atoms with E-state index in [1.807, 2.05) is 18.2 Å². The molecule has 0 aliphatic heterocycles. The van der Waals surface area contributed by atoms with Crippen molar-refractivity contribution in [2.24, 2.45) is 0 Å². The Morgan fingerprint density at radius 3 is 2.53 bits per heavy atom. The van der Waals surface area contributed by atoms with E-state index in [0.717, 1.165) is 23.0 Å². The Labute approximate surface area is 122 Å². The molecule has 1 unspecified atom stereocenters. The molecule has 100 valence electrons. The van der Waals surface area contributed by atoms with Crippen molar-refractivity contribution < 1.29 is 4.39 Å². The Hall–Kier alpha value is -1.19. The van der Waals surface area contributed by atoms with Gasteiger partial charge in [-0.25, -0.2) is 4.39 Å². The highest BCUT2D eigenvalue weighted by Crippen LogP contribution is 2.20. The van der Waals surface area contributed by atoms with E-state index in [9.17, 15) is 4.39 Å². The molecule has 0 heterocycles. The molecule has 0 aromatic heterocycles. The van der Waals surface area contributed by atoms with Crippen LogP contribution in [0, 0.1) is 5.82 Å². The van der Waals surface area contributed by atoms with Crippen LogP contribution in [0.1, 0.15) is 24.1 Å². The smallest absolute Gasteiger partial charge is 0.123 e. The third-order valence-electron chi connectivity index (χ3n) is 3.05. The first-order chi connectivity index (χ1) is 9.19. The molecule has 1 N–H and O–H groups in total. The van der Waals surface area contributed by atoms with Crippen LogP contribution >= 0.6 is 15.9 Å². The van der Waals surface area contributed by atoms with Gasteiger partial charge >= 0.3 is 0 Å². The van der Waals surface area contributed by atoms with Crippen molar-refractivity contribution in [1.29, 1.82) is 0 Å². The van der Waals surface area contributed by atoms with Gasteiger partial charge in [0.25, 0.3) is 0 Å². The highest BCUT2D eigenvalue weighted by atomic mass is 79.9. The topological polar surface area (TPSA) is 12.0 Å². The fourth-order valence-corrected chi connectivity index (χ4v) is 2.40. The monoisotopic (exact) mass is 321 g/mol. The third-order valence-corrected chi connectivity index (χ3v) is 3.58. The van der Waals surface area contributed by atoms with Crippen molar-refractivity contribution in [3.63, 3.8) is 0 Å². The van der Waals surface area contributed by atoms with E-state index in [1.54, 1.807) is 12.1 Å². The highest BCUT2D eigenvalue weighted by molar-refractivity contribution is 9.10. The van der Waals surface area contributed by atoms with Gasteiger partial charge in [0.15, 0.2) is 0 Å². The standard InChI is InChI=1S/C16H17BrFN/c1-2-19-16(13-4-3-5-15(18)11-13)10-12-6-8-14(17)9-7-12/h3-9,11,16,19H,2,10H2,1H3. The van der Waals surface area contributed by atoms with Gasteiger partial charge in [-0.05, 0) is 48.4 Å². The highest BCUT2D eigenvalue weighted by Gasteiger charge is 2.11. The van der Waals surface area contributed by atoms with Crippen molar-refractivity contribution in [1.82, 2.24) is 5.32 Å². The number of benzene rings is 2. The number of nitrogens with one attached hydrogen (secondary N) is 1. The van der Waals surface area contributed by atoms with Crippen molar-refractivity contribution in [3.8, 4) is 0 Å². The zero-order valence-electron chi connectivity index (χ0n) is 10.9. The van der Waals surface area contributed by atoms with Crippen LogP contribution in [0.5, 0.6) is 0 Å². The number of rotatable bonds is 5. The van der Waals surface area contributed by atoms with Crippen LogP contribution < -0.4 is 5.32 Å². The molecule has 0 aliphatic rings. The lowest BCUT2D eigenvalue weighted by atomic mass is 9.99. The van der Waals surface area contributed by atoms with E-state index in [-0.39, 0.29) is 11.9 Å². The zero-order chi connectivity index (χ0) is 13.7. The van der Waals surface area contributed by atoms with Gasteiger partial charge in [0.2, 0.25) is 0 Å². The van der Waals surface area contributed by atoms with E-state index in [1.165, 1.54) is 11.6 Å². The summed E-state index contributed by atoms with van der Waals surface area (Å²) in [6.07, 6.45) is 0.852. The number of halogens is 2. The molecule has 2 aromatic rings. The minimum Gasteiger partial charge on any atom is -0.310 e. The molecule has 0 fully saturated rings. The van der Waals surface area contributed by atoms with E-state index < -0.39 is 0 Å². The summed E-state index contributed by atoms with van der Waals surface area (Å²) >= 11 is 3.43. The molecule has 19 heavy (non-hydrogen) atoms. The average molecular weight is 322 g/mol. The first-order valence-corrected chi connectivity index (χ1v) is 7.21. The molecule has 1 atom stereocenters. The van der Waals surface area contributed by atoms with Gasteiger partial charge in [0.05, 0.1) is 0 Å². The minimum atomic E-state index is -0.184. The molecule has 3 heteroatoms. The van der Waals surface area contributed by atoms with Crippen molar-refractivity contribution >= 4 is 15.9 Å². The Kier molecular flexibility index (Phi) is 5.11. The maximum atomic E-state index is 13.3. The van der Waals surface area contributed by atoms with Gasteiger partial charge in [0.1, 0.15) is 5.82 Å². The quantitative estimate of drug-likeness (QED) is 0.856. The van der Waals surface area contributed by atoms with Crippen LogP contribution in [0.4, 0.5) is 4.39 Å². The molecular weight excluding hydrogens is 305 g/mol. The molecule has 0 spiro atoms. The minimum absolute atomic E-state index is 0.141. The first-order valence-electron chi connectivity index (χ1n) is 6.42. The predicted octanol–water partition coefficient (Wildman–Crippen LogP) is 4.48. The number of likely N-dealkylation sites (N-methyl/N-ethyl adjacent to an activating group) is 1. The first kappa shape index (κ1) is 14.2. The maximum Gasteiger partial charge on any atom is 0.123 e. The summed E-state index contributed by atoms with van der Waals surface area (Å²) in [6, 6.07) is 15.2. The van der Waals surface area contributed by atoms with Gasteiger partial charge in [0, 0.05) is 10.5 Å². The SMILES string of the molecule is CCNC(Cc1ccc(Br)cc1)c1cccc(F)c1. The second kappa shape index (κ2) is 6.83. The van der Waals surface area contributed by atoms with Crippen LogP contribution in [-0.2, 0) is 6.42 Å². The molecule has 0 amide bonds. The molecule has 0 saturated heterocycles. The van der Waals surface area contributed by atoms with Crippen molar-refractivity contribution in [3.05, 3.63) is 69.9 Å². The largest absolute Gasteiger partial charge is 0.310 e. The normalized spacial score (nSPS) is 12.4. The summed E-state index contributed by atoms with van der Waals surface area (Å²) in [5.74, 6) is -0.184. The molecule has 0 saturated carbocycles. The zero-order valence-corrected chi connectivity index (χ0v) is 12.5. The van der Waals surface area contributed by atoms with Gasteiger partial charge in [-0.2, -0.15) is 0 Å². The van der Waals surface area contributed by atoms with E-state index in [0.29, 0.717) is 0 Å². The van der Waals surface area contributed by atoms with Crippen molar-refractivity contribution in [2.75, 3.05) is 6.54 Å². The summed E-state index contributed by atoms with van der Waals surface area (Å²) in [7, 11) is 0. The molecule has 2 aromatic carbocycles. The summed E-state index contributed by atoms with van der Waals surface area (Å²) in [5.41, 5.74) is 2.23. The van der Waals surface area contributed by atoms with E-state index in [4.69, 9.17) is 0 Å². The average Bonchev–Trinajstić information content (AvgIpc) is 2.41. The maximum absolute atomic E-state index is 13.3. The second-order valence-corrected chi connectivity index (χ2v) is 5.41. The number of hydrogen-bond acceptors (Lipinski definition) is 1. The van der Waals surface area contributed by atoms with Crippen LogP contribution in [0.15, 0.2) is 53.0 Å². The fourth-order valence-electron chi connectivity index (χ4n) is 2.13. The summed E-state index contributed by atoms with van der Waals surface area (Å²) in [6.45, 7) is 2.92. The summed E-state index contributed by atoms with van der Waals surface area (Å²) < 4.78 is 14.4. The molecule has 2 rings (SSSR count). The summed E-state index contributed by atoms with van der Waals surface area (Å²) in [5, 5.41) is 3.41. The molecule has 0 aliphatic carbocycles. The van der Waals surface area contributed by atoms with Crippen LogP contribution in [0.3, 0.4) is 0 Å². The second-order valence-electron chi connectivity index (χ2n) is 4.50. The van der Waals surface area contributed by atoms with E-state index in [2.05, 4.69) is 40.3 Å². The van der Waals surface area contributed by atoms with Gasteiger partial charge < -0.3 is 5.32 Å². The summed E-state index contributed by atoms with van der Waals surface area (Å²) in [4.78, 5) is 0. The Morgan fingerprint density at radius 2 is 1.89 bits per heavy atom. The lowest BCUT2D eigenvalue weighted by Crippen LogP contribution is -2.23. The molecule has 0 radical (unpaired) electrons. The predicted molar refractivity (Wildman–Crippen MR) is 80.7 cm³/mol. The Morgan fingerprint density at radius 1 is 1.16 bits per heavy atom. The van der Waals surface area contributed by atoms with Gasteiger partial charge in [-0.15, -0.1) is 0 Å². The Bertz CT molecular complexity index is 525. The van der Waals surface area contributed by atoms with Crippen molar-refractivity contribution in [2.45, 2.75) is 19.4 Å². The van der Waals surface area contributed by atoms with E-state index >= 15 is 0 Å².